The van der Waals surface area contributed by atoms with Gasteiger partial charge in [-0.2, -0.15) is 0 Å². The minimum Gasteiger partial charge on any atom is -0.409 e. The Balaban J connectivity index is 2.14. The van der Waals surface area contributed by atoms with Crippen LogP contribution in [0, 0.1) is 0 Å². The summed E-state index contributed by atoms with van der Waals surface area (Å²) in [5.74, 6) is 0.416. The molecule has 0 spiro atoms. The van der Waals surface area contributed by atoms with E-state index in [1.54, 1.807) is 0 Å². The molecule has 0 atom stereocenters. The molecule has 4 N–H and O–H groups in total. The van der Waals surface area contributed by atoms with Gasteiger partial charge >= 0.3 is 0 Å². The maximum absolute atomic E-state index is 11.8. The predicted molar refractivity (Wildman–Crippen MR) is 79.8 cm³/mol. The lowest BCUT2D eigenvalue weighted by Gasteiger charge is -2.31. The lowest BCUT2D eigenvalue weighted by molar-refractivity contribution is -0.122. The Morgan fingerprint density at radius 3 is 2.65 bits per heavy atom. The maximum atomic E-state index is 11.8. The Kier molecular flexibility index (Phi) is 8.02. The van der Waals surface area contributed by atoms with Crippen LogP contribution in [0.2, 0.25) is 0 Å². The van der Waals surface area contributed by atoms with Crippen LogP contribution in [0.1, 0.15) is 51.9 Å². The van der Waals surface area contributed by atoms with Crippen molar-refractivity contribution in [1.82, 2.24) is 10.2 Å². The molecule has 1 saturated heterocycles. The largest absolute Gasteiger partial charge is 0.409 e. The number of oxime groups is 1. The van der Waals surface area contributed by atoms with Crippen molar-refractivity contribution in [1.29, 1.82) is 0 Å². The molecule has 6 nitrogen and oxygen atoms in total. The van der Waals surface area contributed by atoms with Gasteiger partial charge in [0.15, 0.2) is 5.84 Å². The number of amides is 1. The summed E-state index contributed by atoms with van der Waals surface area (Å²) in [6.07, 6.45) is 7.03. The summed E-state index contributed by atoms with van der Waals surface area (Å²) in [4.78, 5) is 13.9. The van der Waals surface area contributed by atoms with Gasteiger partial charge in [-0.25, -0.2) is 0 Å². The zero-order valence-corrected chi connectivity index (χ0v) is 12.5. The summed E-state index contributed by atoms with van der Waals surface area (Å²) in [5, 5.41) is 14.6. The average Bonchev–Trinajstić information content (AvgIpc) is 2.45. The first kappa shape index (κ1) is 16.8. The van der Waals surface area contributed by atoms with Gasteiger partial charge in [0.25, 0.3) is 0 Å². The summed E-state index contributed by atoms with van der Waals surface area (Å²) < 4.78 is 0. The molecule has 0 aliphatic carbocycles. The van der Waals surface area contributed by atoms with Crippen molar-refractivity contribution in [3.63, 3.8) is 0 Å². The lowest BCUT2D eigenvalue weighted by atomic mass is 10.0. The monoisotopic (exact) mass is 284 g/mol. The van der Waals surface area contributed by atoms with Crippen LogP contribution in [0.3, 0.4) is 0 Å². The Morgan fingerprint density at radius 1 is 1.35 bits per heavy atom. The summed E-state index contributed by atoms with van der Waals surface area (Å²) >= 11 is 0. The van der Waals surface area contributed by atoms with E-state index in [0.29, 0.717) is 13.0 Å². The molecular formula is C14H28N4O2. The van der Waals surface area contributed by atoms with E-state index < -0.39 is 0 Å². The quantitative estimate of drug-likeness (QED) is 0.206. The molecule has 0 saturated carbocycles. The van der Waals surface area contributed by atoms with Crippen LogP contribution in [0.15, 0.2) is 5.16 Å². The van der Waals surface area contributed by atoms with Crippen molar-refractivity contribution in [3.8, 4) is 0 Å². The van der Waals surface area contributed by atoms with E-state index in [2.05, 4.69) is 22.3 Å². The molecule has 0 aromatic rings. The van der Waals surface area contributed by atoms with Crippen LogP contribution in [0.4, 0.5) is 0 Å². The Hall–Kier alpha value is -1.30. The summed E-state index contributed by atoms with van der Waals surface area (Å²) in [6, 6.07) is 0.275. The number of nitrogens with zero attached hydrogens (tertiary/aromatic N) is 2. The third-order valence-corrected chi connectivity index (χ3v) is 3.72. The number of likely N-dealkylation sites (tertiary alicyclic amines) is 1. The Morgan fingerprint density at radius 2 is 2.05 bits per heavy atom. The van der Waals surface area contributed by atoms with Crippen LogP contribution in [0.5, 0.6) is 0 Å². The van der Waals surface area contributed by atoms with Crippen LogP contribution in [0.25, 0.3) is 0 Å². The van der Waals surface area contributed by atoms with E-state index in [0.717, 1.165) is 38.8 Å². The van der Waals surface area contributed by atoms with Crippen molar-refractivity contribution >= 4 is 11.7 Å². The highest BCUT2D eigenvalue weighted by Crippen LogP contribution is 2.10. The molecule has 1 heterocycles. The van der Waals surface area contributed by atoms with Crippen molar-refractivity contribution in [2.24, 2.45) is 10.9 Å². The van der Waals surface area contributed by atoms with Crippen LogP contribution < -0.4 is 11.1 Å². The molecule has 1 aliphatic rings. The average molecular weight is 284 g/mol. The van der Waals surface area contributed by atoms with Gasteiger partial charge in [-0.05, 0) is 19.3 Å². The second kappa shape index (κ2) is 9.58. The molecule has 0 radical (unpaired) electrons. The standard InChI is InChI=1S/C14H28N4O2/c1-2-3-4-5-6-14(19)16-12-7-9-18(10-8-12)11-13(15)17-20/h12,20H,2-11H2,1H3,(H2,15,17)(H,16,19). The number of unbranched alkanes of at least 4 members (excludes halogenated alkanes) is 3. The topological polar surface area (TPSA) is 91.0 Å². The van der Waals surface area contributed by atoms with Crippen molar-refractivity contribution < 1.29 is 10.0 Å². The van der Waals surface area contributed by atoms with Gasteiger partial charge in [-0.15, -0.1) is 0 Å². The van der Waals surface area contributed by atoms with E-state index in [9.17, 15) is 4.79 Å². The highest BCUT2D eigenvalue weighted by atomic mass is 16.4. The van der Waals surface area contributed by atoms with E-state index in [1.165, 1.54) is 12.8 Å². The van der Waals surface area contributed by atoms with Gasteiger partial charge in [0.2, 0.25) is 5.91 Å². The number of carbonyl (C=O) groups is 1. The lowest BCUT2D eigenvalue weighted by Crippen LogP contribution is -2.46. The first-order chi connectivity index (χ1) is 9.65. The fourth-order valence-corrected chi connectivity index (χ4v) is 2.51. The zero-order chi connectivity index (χ0) is 14.8. The molecule has 0 unspecified atom stereocenters. The maximum Gasteiger partial charge on any atom is 0.220 e. The van der Waals surface area contributed by atoms with Crippen LogP contribution in [-0.4, -0.2) is 47.5 Å². The van der Waals surface area contributed by atoms with Gasteiger partial charge < -0.3 is 16.3 Å². The Bertz CT molecular complexity index is 312. The number of hydrogen-bond donors (Lipinski definition) is 3. The van der Waals surface area contributed by atoms with E-state index >= 15 is 0 Å². The number of amidine groups is 1. The Labute approximate surface area is 121 Å². The van der Waals surface area contributed by atoms with E-state index in [-0.39, 0.29) is 17.8 Å². The molecule has 1 rings (SSSR count). The third-order valence-electron chi connectivity index (χ3n) is 3.72. The first-order valence-corrected chi connectivity index (χ1v) is 7.63. The van der Waals surface area contributed by atoms with Crippen molar-refractivity contribution in [2.45, 2.75) is 57.9 Å². The number of carbonyl (C=O) groups excluding carboxylic acids is 1. The summed E-state index contributed by atoms with van der Waals surface area (Å²) in [7, 11) is 0. The summed E-state index contributed by atoms with van der Waals surface area (Å²) in [5.41, 5.74) is 5.49. The van der Waals surface area contributed by atoms with Gasteiger partial charge in [0.05, 0.1) is 6.54 Å². The van der Waals surface area contributed by atoms with Gasteiger partial charge in [-0.3, -0.25) is 9.69 Å². The normalized spacial score (nSPS) is 18.1. The number of nitrogens with two attached hydrogens (primary N) is 1. The van der Waals surface area contributed by atoms with Gasteiger partial charge in [-0.1, -0.05) is 31.3 Å². The molecular weight excluding hydrogens is 256 g/mol. The van der Waals surface area contributed by atoms with Crippen molar-refractivity contribution in [2.75, 3.05) is 19.6 Å². The second-order valence-electron chi connectivity index (χ2n) is 5.52. The van der Waals surface area contributed by atoms with Crippen LogP contribution >= 0.6 is 0 Å². The third kappa shape index (κ3) is 6.75. The fraction of sp³-hybridized carbons (Fsp3) is 0.857. The molecule has 1 aliphatic heterocycles. The first-order valence-electron chi connectivity index (χ1n) is 7.63. The minimum absolute atomic E-state index is 0.177. The van der Waals surface area contributed by atoms with E-state index in [1.807, 2.05) is 0 Å². The SMILES string of the molecule is CCCCCCC(=O)NC1CCN(CC(N)=NO)CC1. The van der Waals surface area contributed by atoms with Gasteiger partial charge in [0.1, 0.15) is 0 Å². The predicted octanol–water partition coefficient (Wildman–Crippen LogP) is 1.28. The second-order valence-corrected chi connectivity index (χ2v) is 5.52. The highest BCUT2D eigenvalue weighted by molar-refractivity contribution is 5.81. The molecule has 0 aromatic heterocycles. The smallest absolute Gasteiger partial charge is 0.220 e. The molecule has 20 heavy (non-hydrogen) atoms. The van der Waals surface area contributed by atoms with Crippen LogP contribution in [-0.2, 0) is 4.79 Å². The van der Waals surface area contributed by atoms with E-state index in [4.69, 9.17) is 10.9 Å². The van der Waals surface area contributed by atoms with Gasteiger partial charge in [0, 0.05) is 25.6 Å². The molecule has 6 heteroatoms. The molecule has 116 valence electrons. The zero-order valence-electron chi connectivity index (χ0n) is 12.5. The number of piperidine rings is 1. The number of hydrogen-bond acceptors (Lipinski definition) is 4. The minimum atomic E-state index is 0.177. The fourth-order valence-electron chi connectivity index (χ4n) is 2.51. The molecule has 1 amide bonds. The highest BCUT2D eigenvalue weighted by Gasteiger charge is 2.20. The summed E-state index contributed by atoms with van der Waals surface area (Å²) in [6.45, 7) is 4.41. The van der Waals surface area contributed by atoms with Crippen molar-refractivity contribution in [3.05, 3.63) is 0 Å². The molecule has 1 fully saturated rings. The molecule has 0 aromatic carbocycles. The number of rotatable bonds is 8. The molecule has 0 bridgehead atoms. The number of nitrogens with one attached hydrogen (secondary N) is 1.